The van der Waals surface area contributed by atoms with Crippen molar-refractivity contribution in [2.75, 3.05) is 13.2 Å². The summed E-state index contributed by atoms with van der Waals surface area (Å²) in [7, 11) is 0. The lowest BCUT2D eigenvalue weighted by Crippen LogP contribution is -2.10. The minimum absolute atomic E-state index is 0.0404. The first kappa shape index (κ1) is 31.2. The van der Waals surface area contributed by atoms with E-state index in [-0.39, 0.29) is 19.6 Å². The Morgan fingerprint density at radius 1 is 0.860 bits per heavy atom. The van der Waals surface area contributed by atoms with Crippen molar-refractivity contribution in [1.29, 1.82) is 0 Å². The van der Waals surface area contributed by atoms with Crippen LogP contribution in [0.15, 0.2) is 54.6 Å². The van der Waals surface area contributed by atoms with E-state index in [2.05, 4.69) is 0 Å². The molecule has 0 amide bonds. The van der Waals surface area contributed by atoms with Crippen molar-refractivity contribution in [1.82, 2.24) is 4.57 Å². The minimum Gasteiger partial charge on any atom is -0.494 e. The van der Waals surface area contributed by atoms with Gasteiger partial charge >= 0.3 is 11.9 Å². The van der Waals surface area contributed by atoms with Gasteiger partial charge in [0.25, 0.3) is 0 Å². The lowest BCUT2D eigenvalue weighted by atomic mass is 10.0. The average Bonchev–Trinajstić information content (AvgIpc) is 3.21. The molecule has 0 spiro atoms. The number of halogens is 3. The number of fused-ring (bicyclic) bond motifs is 1. The maximum absolute atomic E-state index is 13.6. The second kappa shape index (κ2) is 14.4. The number of benzene rings is 3. The molecule has 0 aliphatic rings. The highest BCUT2D eigenvalue weighted by Gasteiger charge is 2.18. The van der Waals surface area contributed by atoms with E-state index in [1.807, 2.05) is 61.5 Å². The molecule has 0 aliphatic carbocycles. The van der Waals surface area contributed by atoms with Crippen LogP contribution >= 0.6 is 0 Å². The van der Waals surface area contributed by atoms with Crippen molar-refractivity contribution in [2.24, 2.45) is 0 Å². The third-order valence-electron chi connectivity index (χ3n) is 6.97. The van der Waals surface area contributed by atoms with E-state index in [1.165, 1.54) is 0 Å². The van der Waals surface area contributed by atoms with Crippen molar-refractivity contribution < 1.29 is 42.4 Å². The molecule has 4 aromatic rings. The zero-order chi connectivity index (χ0) is 30.9. The number of carboxylic acids is 2. The first-order valence-corrected chi connectivity index (χ1v) is 13.9. The lowest BCUT2D eigenvalue weighted by Gasteiger charge is -2.09. The maximum Gasteiger partial charge on any atom is 0.323 e. The van der Waals surface area contributed by atoms with E-state index in [4.69, 9.17) is 14.6 Å². The van der Waals surface area contributed by atoms with Gasteiger partial charge in [0.15, 0.2) is 17.4 Å². The molecule has 0 radical (unpaired) electrons. The Kier molecular flexibility index (Phi) is 10.5. The van der Waals surface area contributed by atoms with Crippen molar-refractivity contribution >= 4 is 35.0 Å². The summed E-state index contributed by atoms with van der Waals surface area (Å²) < 4.78 is 52.9. The first-order chi connectivity index (χ1) is 20.6. The number of carbonyl (C=O) groups is 2. The number of ether oxygens (including phenoxy) is 2. The van der Waals surface area contributed by atoms with E-state index in [1.54, 1.807) is 4.57 Å². The Balaban J connectivity index is 1.37. The van der Waals surface area contributed by atoms with Gasteiger partial charge < -0.3 is 24.3 Å². The minimum atomic E-state index is -1.08. The van der Waals surface area contributed by atoms with Gasteiger partial charge in [-0.2, -0.15) is 0 Å². The van der Waals surface area contributed by atoms with Crippen LogP contribution in [0.2, 0.25) is 0 Å². The van der Waals surface area contributed by atoms with Crippen LogP contribution in [0, 0.1) is 24.4 Å². The summed E-state index contributed by atoms with van der Waals surface area (Å²) in [5.41, 5.74) is 4.30. The van der Waals surface area contributed by atoms with Crippen LogP contribution in [-0.2, 0) is 22.6 Å². The van der Waals surface area contributed by atoms with E-state index in [0.717, 1.165) is 33.3 Å². The Morgan fingerprint density at radius 2 is 1.53 bits per heavy atom. The van der Waals surface area contributed by atoms with Crippen molar-refractivity contribution in [3.05, 3.63) is 94.4 Å². The van der Waals surface area contributed by atoms with Gasteiger partial charge in [0, 0.05) is 29.6 Å². The summed E-state index contributed by atoms with van der Waals surface area (Å²) >= 11 is 0. The van der Waals surface area contributed by atoms with E-state index >= 15 is 0 Å². The molecule has 3 aromatic carbocycles. The van der Waals surface area contributed by atoms with Gasteiger partial charge in [-0.05, 0) is 61.4 Å². The second-order valence-electron chi connectivity index (χ2n) is 10.0. The quantitative estimate of drug-likeness (QED) is 0.111. The first-order valence-electron chi connectivity index (χ1n) is 13.9. The molecule has 0 bridgehead atoms. The van der Waals surface area contributed by atoms with Gasteiger partial charge in [0.2, 0.25) is 0 Å². The number of rotatable bonds is 15. The van der Waals surface area contributed by atoms with Gasteiger partial charge in [-0.1, -0.05) is 42.5 Å². The van der Waals surface area contributed by atoms with Crippen molar-refractivity contribution in [3.63, 3.8) is 0 Å². The van der Waals surface area contributed by atoms with Crippen LogP contribution in [0.1, 0.15) is 48.1 Å². The van der Waals surface area contributed by atoms with Gasteiger partial charge in [-0.25, -0.2) is 13.2 Å². The van der Waals surface area contributed by atoms with Crippen molar-refractivity contribution in [2.45, 2.75) is 45.6 Å². The summed E-state index contributed by atoms with van der Waals surface area (Å²) in [6.07, 6.45) is 5.93. The molecule has 0 aliphatic heterocycles. The van der Waals surface area contributed by atoms with E-state index < -0.39 is 35.1 Å². The zero-order valence-electron chi connectivity index (χ0n) is 23.6. The summed E-state index contributed by atoms with van der Waals surface area (Å²) in [5.74, 6) is -4.94. The molecule has 4 rings (SSSR count). The fraction of sp³-hybridized carbons (Fsp3) is 0.273. The molecule has 43 heavy (non-hydrogen) atoms. The zero-order valence-corrected chi connectivity index (χ0v) is 23.6. The second-order valence-corrected chi connectivity index (χ2v) is 10.0. The summed E-state index contributed by atoms with van der Waals surface area (Å²) in [6.45, 7) is 2.08. The topological polar surface area (TPSA) is 98.0 Å². The third-order valence-corrected chi connectivity index (χ3v) is 6.97. The maximum atomic E-state index is 13.6. The van der Waals surface area contributed by atoms with Gasteiger partial charge in [0.1, 0.15) is 18.1 Å². The molecule has 0 unspecified atom stereocenters. The molecule has 2 N–H and O–H groups in total. The molecule has 0 saturated heterocycles. The molecular formula is C33H32F3NO6. The normalized spacial score (nSPS) is 11.3. The predicted octanol–water partition coefficient (Wildman–Crippen LogP) is 7.27. The van der Waals surface area contributed by atoms with Crippen LogP contribution in [0.4, 0.5) is 13.2 Å². The van der Waals surface area contributed by atoms with Gasteiger partial charge in [-0.15, -0.1) is 0 Å². The number of aliphatic carboxylic acids is 2. The van der Waals surface area contributed by atoms with Crippen molar-refractivity contribution in [3.8, 4) is 11.5 Å². The Hall–Kier alpha value is -4.73. The molecule has 10 heteroatoms. The molecule has 7 nitrogen and oxygen atoms in total. The fourth-order valence-corrected chi connectivity index (χ4v) is 4.93. The van der Waals surface area contributed by atoms with Gasteiger partial charge in [-0.3, -0.25) is 9.59 Å². The molecule has 226 valence electrons. The number of hydrogen-bond acceptors (Lipinski definition) is 4. The average molecular weight is 596 g/mol. The predicted molar refractivity (Wildman–Crippen MR) is 157 cm³/mol. The lowest BCUT2D eigenvalue weighted by molar-refractivity contribution is -0.138. The Labute approximate surface area is 246 Å². The molecule has 0 atom stereocenters. The summed E-state index contributed by atoms with van der Waals surface area (Å²) in [4.78, 5) is 22.7. The Morgan fingerprint density at radius 3 is 2.19 bits per heavy atom. The monoisotopic (exact) mass is 595 g/mol. The Bertz CT molecular complexity index is 1610. The number of carboxylic acid groups (broad SMARTS) is 2. The van der Waals surface area contributed by atoms with E-state index in [9.17, 15) is 27.9 Å². The SMILES string of the molecule is Cc1c(CCCC(=O)O)c2cccc(/C=C/c3ccc(OCCCCOc4c(F)cc(F)cc4F)cc3)c2n1CC(=O)O. The van der Waals surface area contributed by atoms with Gasteiger partial charge in [0.05, 0.1) is 18.7 Å². The van der Waals surface area contributed by atoms with Crippen LogP contribution < -0.4 is 9.47 Å². The molecule has 1 aromatic heterocycles. The summed E-state index contributed by atoms with van der Waals surface area (Å²) in [5, 5.41) is 19.5. The summed E-state index contributed by atoms with van der Waals surface area (Å²) in [6, 6.07) is 14.3. The number of aryl methyl sites for hydroxylation is 1. The highest BCUT2D eigenvalue weighted by molar-refractivity contribution is 5.95. The number of aromatic nitrogens is 1. The third kappa shape index (κ3) is 8.18. The van der Waals surface area contributed by atoms with Crippen LogP contribution in [0.5, 0.6) is 11.5 Å². The highest BCUT2D eigenvalue weighted by Crippen LogP contribution is 2.31. The fourth-order valence-electron chi connectivity index (χ4n) is 4.93. The number of nitrogens with zero attached hydrogens (tertiary/aromatic N) is 1. The molecule has 0 fully saturated rings. The molecule has 1 heterocycles. The number of para-hydroxylation sites is 1. The molecule has 0 saturated carbocycles. The number of unbranched alkanes of at least 4 members (excludes halogenated alkanes) is 1. The smallest absolute Gasteiger partial charge is 0.323 e. The van der Waals surface area contributed by atoms with E-state index in [0.29, 0.717) is 50.2 Å². The number of hydrogen-bond donors (Lipinski definition) is 2. The highest BCUT2D eigenvalue weighted by atomic mass is 19.1. The van der Waals surface area contributed by atoms with Crippen LogP contribution in [0.3, 0.4) is 0 Å². The molecular weight excluding hydrogens is 563 g/mol. The van der Waals surface area contributed by atoms with Crippen LogP contribution in [0.25, 0.3) is 23.1 Å². The largest absolute Gasteiger partial charge is 0.494 e. The van der Waals surface area contributed by atoms with Crippen LogP contribution in [-0.4, -0.2) is 39.9 Å². The standard InChI is InChI=1S/C33H32F3NO6/c1-21-26(7-5-9-30(38)39)27-8-4-6-23(32(27)37(21)20-31(40)41)13-10-22-11-14-25(15-12-22)42-16-2-3-17-43-33-28(35)18-24(34)19-29(33)36/h4,6,8,10-15,18-19H,2-3,5,7,9,16-17,20H2,1H3,(H,38,39)(H,40,41)/b13-10+.